The van der Waals surface area contributed by atoms with Crippen LogP contribution in [0.4, 0.5) is 0 Å². The largest absolute Gasteiger partial charge is 0.497 e. The van der Waals surface area contributed by atoms with Crippen molar-refractivity contribution in [1.82, 2.24) is 0 Å². The predicted octanol–water partition coefficient (Wildman–Crippen LogP) is 3.71. The van der Waals surface area contributed by atoms with Crippen LogP contribution >= 0.6 is 24.0 Å². The van der Waals surface area contributed by atoms with Gasteiger partial charge in [0, 0.05) is 4.88 Å². The van der Waals surface area contributed by atoms with E-state index in [1.165, 1.54) is 10.4 Å². The number of hydrogen-bond acceptors (Lipinski definition) is 3. The Morgan fingerprint density at radius 3 is 2.29 bits per heavy atom. The van der Waals surface area contributed by atoms with Crippen LogP contribution in [-0.4, -0.2) is 7.11 Å². The Labute approximate surface area is 92.8 Å². The Morgan fingerprint density at radius 2 is 1.79 bits per heavy atom. The van der Waals surface area contributed by atoms with Gasteiger partial charge in [-0.2, -0.15) is 0 Å². The van der Waals surface area contributed by atoms with Gasteiger partial charge in [-0.25, -0.2) is 0 Å². The van der Waals surface area contributed by atoms with Crippen LogP contribution in [0.2, 0.25) is 0 Å². The van der Waals surface area contributed by atoms with Crippen molar-refractivity contribution in [3.05, 3.63) is 36.4 Å². The molecule has 1 aromatic carbocycles. The van der Waals surface area contributed by atoms with Crippen molar-refractivity contribution in [1.29, 1.82) is 0 Å². The van der Waals surface area contributed by atoms with Crippen LogP contribution in [0.1, 0.15) is 0 Å². The molecule has 0 aliphatic rings. The van der Waals surface area contributed by atoms with Gasteiger partial charge in [-0.1, -0.05) is 0 Å². The zero-order chi connectivity index (χ0) is 9.97. The van der Waals surface area contributed by atoms with Crippen LogP contribution in [0.15, 0.2) is 40.6 Å². The van der Waals surface area contributed by atoms with Crippen LogP contribution < -0.4 is 4.74 Å². The highest BCUT2D eigenvalue weighted by atomic mass is 32.2. The van der Waals surface area contributed by atoms with Crippen LogP contribution in [0.25, 0.3) is 10.4 Å². The fraction of sp³-hybridized carbons (Fsp3) is 0.0909. The Bertz CT molecular complexity index is 417. The fourth-order valence-electron chi connectivity index (χ4n) is 1.24. The molecule has 0 atom stereocenters. The van der Waals surface area contributed by atoms with Crippen molar-refractivity contribution < 1.29 is 4.74 Å². The highest BCUT2D eigenvalue weighted by molar-refractivity contribution is 7.83. The quantitative estimate of drug-likeness (QED) is 0.762. The topological polar surface area (TPSA) is 9.23 Å². The smallest absolute Gasteiger partial charge is 0.118 e. The highest BCUT2D eigenvalue weighted by Gasteiger charge is 2.00. The van der Waals surface area contributed by atoms with E-state index in [0.29, 0.717) is 0 Å². The number of ether oxygens (including phenoxy) is 1. The average Bonchev–Trinajstić information content (AvgIpc) is 2.65. The molecule has 14 heavy (non-hydrogen) atoms. The molecule has 0 fully saturated rings. The molecule has 2 aromatic rings. The third-order valence-corrected chi connectivity index (χ3v) is 3.33. The number of benzene rings is 1. The second-order valence-corrected chi connectivity index (χ2v) is 4.73. The van der Waals surface area contributed by atoms with Gasteiger partial charge >= 0.3 is 0 Å². The molecule has 0 amide bonds. The molecule has 0 N–H and O–H groups in total. The number of thiophene rings is 1. The molecule has 0 radical (unpaired) electrons. The van der Waals surface area contributed by atoms with Crippen LogP contribution in [0.5, 0.6) is 5.75 Å². The van der Waals surface area contributed by atoms with Gasteiger partial charge in [0.25, 0.3) is 0 Å². The Hall–Kier alpha value is -0.930. The van der Waals surface area contributed by atoms with Crippen LogP contribution in [0, 0.1) is 0 Å². The normalized spacial score (nSPS) is 10.1. The maximum absolute atomic E-state index is 5.10. The number of rotatable bonds is 2. The summed E-state index contributed by atoms with van der Waals surface area (Å²) >= 11 is 5.97. The fourth-order valence-corrected chi connectivity index (χ4v) is 2.36. The summed E-state index contributed by atoms with van der Waals surface area (Å²) in [5.74, 6) is 0.886. The molecule has 0 aliphatic carbocycles. The standard InChI is InChI=1S/C11H10OS2/c1-12-9-4-2-8(3-5-9)10-6-7-11(13)14-10/h2-7,13H,1H3. The summed E-state index contributed by atoms with van der Waals surface area (Å²) in [7, 11) is 1.67. The minimum atomic E-state index is 0.886. The second kappa shape index (κ2) is 4.07. The second-order valence-electron chi connectivity index (χ2n) is 2.87. The third kappa shape index (κ3) is 1.94. The molecule has 0 bridgehead atoms. The molecule has 1 aromatic heterocycles. The van der Waals surface area contributed by atoms with E-state index in [-0.39, 0.29) is 0 Å². The maximum Gasteiger partial charge on any atom is 0.118 e. The van der Waals surface area contributed by atoms with Crippen molar-refractivity contribution in [2.45, 2.75) is 4.21 Å². The SMILES string of the molecule is COc1ccc(-c2ccc(S)s2)cc1. The predicted molar refractivity (Wildman–Crippen MR) is 63.6 cm³/mol. The van der Waals surface area contributed by atoms with Gasteiger partial charge in [-0.05, 0) is 42.0 Å². The zero-order valence-electron chi connectivity index (χ0n) is 7.73. The van der Waals surface area contributed by atoms with Crippen LogP contribution in [0.3, 0.4) is 0 Å². The molecule has 0 aliphatic heterocycles. The third-order valence-electron chi connectivity index (χ3n) is 1.97. The van der Waals surface area contributed by atoms with E-state index in [2.05, 4.69) is 30.8 Å². The molecule has 1 nitrogen and oxygen atoms in total. The summed E-state index contributed by atoms with van der Waals surface area (Å²) in [5.41, 5.74) is 1.20. The van der Waals surface area contributed by atoms with E-state index in [4.69, 9.17) is 4.74 Å². The highest BCUT2D eigenvalue weighted by Crippen LogP contribution is 2.30. The molecule has 72 valence electrons. The summed E-state index contributed by atoms with van der Waals surface area (Å²) < 4.78 is 6.14. The van der Waals surface area contributed by atoms with E-state index in [1.54, 1.807) is 18.4 Å². The molecule has 3 heteroatoms. The van der Waals surface area contributed by atoms with E-state index < -0.39 is 0 Å². The summed E-state index contributed by atoms with van der Waals surface area (Å²) in [6.45, 7) is 0. The molecule has 0 saturated heterocycles. The lowest BCUT2D eigenvalue weighted by atomic mass is 10.2. The summed E-state index contributed by atoms with van der Waals surface area (Å²) in [6.07, 6.45) is 0. The zero-order valence-corrected chi connectivity index (χ0v) is 9.44. The number of hydrogen-bond donors (Lipinski definition) is 1. The summed E-state index contributed by atoms with van der Waals surface area (Å²) in [4.78, 5) is 1.23. The van der Waals surface area contributed by atoms with Crippen molar-refractivity contribution in [2.75, 3.05) is 7.11 Å². The first-order valence-corrected chi connectivity index (χ1v) is 5.49. The molecule has 0 saturated carbocycles. The summed E-state index contributed by atoms with van der Waals surface area (Å²) in [6, 6.07) is 12.1. The van der Waals surface area contributed by atoms with Gasteiger partial charge in [-0.15, -0.1) is 24.0 Å². The first kappa shape index (κ1) is 9.62. The Balaban J connectivity index is 2.33. The molecular formula is C11H10OS2. The first-order chi connectivity index (χ1) is 6.79. The average molecular weight is 222 g/mol. The lowest BCUT2D eigenvalue weighted by molar-refractivity contribution is 0.415. The lowest BCUT2D eigenvalue weighted by Crippen LogP contribution is -1.81. The number of methoxy groups -OCH3 is 1. The van der Waals surface area contributed by atoms with Crippen molar-refractivity contribution in [2.24, 2.45) is 0 Å². The van der Waals surface area contributed by atoms with Crippen molar-refractivity contribution in [3.63, 3.8) is 0 Å². The van der Waals surface area contributed by atoms with Crippen molar-refractivity contribution in [3.8, 4) is 16.2 Å². The maximum atomic E-state index is 5.10. The van der Waals surface area contributed by atoms with Crippen molar-refractivity contribution >= 4 is 24.0 Å². The Kier molecular flexibility index (Phi) is 2.79. The molecular weight excluding hydrogens is 212 g/mol. The van der Waals surface area contributed by atoms with Gasteiger partial charge in [0.2, 0.25) is 0 Å². The van der Waals surface area contributed by atoms with E-state index in [0.717, 1.165) is 9.96 Å². The first-order valence-electron chi connectivity index (χ1n) is 4.23. The molecule has 0 unspecified atom stereocenters. The van der Waals surface area contributed by atoms with Gasteiger partial charge < -0.3 is 4.74 Å². The van der Waals surface area contributed by atoms with Gasteiger partial charge in [0.15, 0.2) is 0 Å². The van der Waals surface area contributed by atoms with Gasteiger partial charge in [-0.3, -0.25) is 0 Å². The Morgan fingerprint density at radius 1 is 1.07 bits per heavy atom. The molecule has 0 spiro atoms. The molecule has 2 rings (SSSR count). The van der Waals surface area contributed by atoms with Crippen LogP contribution in [-0.2, 0) is 0 Å². The van der Waals surface area contributed by atoms with Gasteiger partial charge in [0.05, 0.1) is 11.3 Å². The molecule has 1 heterocycles. The van der Waals surface area contributed by atoms with E-state index in [9.17, 15) is 0 Å². The monoisotopic (exact) mass is 222 g/mol. The summed E-state index contributed by atoms with van der Waals surface area (Å²) in [5, 5.41) is 0. The van der Waals surface area contributed by atoms with Gasteiger partial charge in [0.1, 0.15) is 5.75 Å². The number of thiol groups is 1. The minimum absolute atomic E-state index is 0.886. The minimum Gasteiger partial charge on any atom is -0.497 e. The lowest BCUT2D eigenvalue weighted by Gasteiger charge is -2.00. The van der Waals surface area contributed by atoms with E-state index in [1.807, 2.05) is 18.2 Å². The van der Waals surface area contributed by atoms with E-state index >= 15 is 0 Å².